The Morgan fingerprint density at radius 3 is 2.33 bits per heavy atom. The molecule has 0 aliphatic heterocycles. The zero-order valence-corrected chi connectivity index (χ0v) is 19.9. The van der Waals surface area contributed by atoms with Crippen molar-refractivity contribution in [1.82, 2.24) is 4.98 Å². The van der Waals surface area contributed by atoms with Crippen molar-refractivity contribution in [3.05, 3.63) is 56.5 Å². The number of hydrogen-bond donors (Lipinski definition) is 1. The van der Waals surface area contributed by atoms with Gasteiger partial charge in [-0.1, -0.05) is 37.6 Å². The van der Waals surface area contributed by atoms with Gasteiger partial charge in [-0.3, -0.25) is 20.2 Å². The average molecular weight is 472 g/mol. The van der Waals surface area contributed by atoms with Crippen LogP contribution in [-0.2, 0) is 6.42 Å². The van der Waals surface area contributed by atoms with E-state index in [2.05, 4.69) is 29.4 Å². The lowest BCUT2D eigenvalue weighted by molar-refractivity contribution is -0.386. The number of nitro groups is 1. The Bertz CT molecular complexity index is 1170. The number of benzene rings is 2. The minimum absolute atomic E-state index is 0.0298. The van der Waals surface area contributed by atoms with Crippen LogP contribution in [0.15, 0.2) is 30.3 Å². The van der Waals surface area contributed by atoms with E-state index < -0.39 is 16.5 Å². The van der Waals surface area contributed by atoms with Crippen molar-refractivity contribution < 1.29 is 23.9 Å². The smallest absolute Gasteiger partial charge is 0.327 e. The first kappa shape index (κ1) is 24.0. The molecule has 3 aromatic rings. The van der Waals surface area contributed by atoms with E-state index in [1.807, 2.05) is 19.1 Å². The maximum Gasteiger partial charge on any atom is 0.327 e. The molecular formula is C23H25N3O6S. The third-order valence-electron chi connectivity index (χ3n) is 5.01. The largest absolute Gasteiger partial charge is 0.493 e. The van der Waals surface area contributed by atoms with Gasteiger partial charge in [-0.15, -0.1) is 11.3 Å². The van der Waals surface area contributed by atoms with Gasteiger partial charge in [-0.05, 0) is 18.9 Å². The molecule has 1 amide bonds. The van der Waals surface area contributed by atoms with Crippen LogP contribution in [0.3, 0.4) is 0 Å². The molecule has 1 N–H and O–H groups in total. The van der Waals surface area contributed by atoms with Crippen LogP contribution in [0.25, 0.3) is 11.3 Å². The third-order valence-corrected chi connectivity index (χ3v) is 5.90. The number of carbonyl (C=O) groups is 1. The van der Waals surface area contributed by atoms with E-state index in [4.69, 9.17) is 14.2 Å². The van der Waals surface area contributed by atoms with Gasteiger partial charge < -0.3 is 14.2 Å². The minimum Gasteiger partial charge on any atom is -0.493 e. The molecule has 174 valence electrons. The molecule has 3 rings (SSSR count). The molecule has 0 saturated carbocycles. The van der Waals surface area contributed by atoms with E-state index in [1.54, 1.807) is 0 Å². The zero-order chi connectivity index (χ0) is 24.1. The fourth-order valence-electron chi connectivity index (χ4n) is 3.50. The van der Waals surface area contributed by atoms with E-state index in [0.717, 1.165) is 29.0 Å². The molecule has 33 heavy (non-hydrogen) atoms. The van der Waals surface area contributed by atoms with Crippen LogP contribution in [0.2, 0.25) is 0 Å². The summed E-state index contributed by atoms with van der Waals surface area (Å²) in [5, 5.41) is 14.8. The lowest BCUT2D eigenvalue weighted by Gasteiger charge is -2.14. The topological polar surface area (TPSA) is 113 Å². The van der Waals surface area contributed by atoms with Crippen LogP contribution >= 0.6 is 11.3 Å². The highest BCUT2D eigenvalue weighted by atomic mass is 32.1. The van der Waals surface area contributed by atoms with Gasteiger partial charge in [0.05, 0.1) is 31.9 Å². The predicted molar refractivity (Wildman–Crippen MR) is 127 cm³/mol. The number of thiazole rings is 1. The molecule has 0 aliphatic carbocycles. The summed E-state index contributed by atoms with van der Waals surface area (Å²) in [6, 6.07) is 9.39. The number of aromatic nitrogens is 1. The van der Waals surface area contributed by atoms with E-state index >= 15 is 0 Å². The minimum atomic E-state index is -0.709. The summed E-state index contributed by atoms with van der Waals surface area (Å²) in [6.45, 7) is 4.04. The van der Waals surface area contributed by atoms with Crippen molar-refractivity contribution in [2.24, 2.45) is 0 Å². The van der Waals surface area contributed by atoms with Crippen molar-refractivity contribution in [2.75, 3.05) is 26.6 Å². The lowest BCUT2D eigenvalue weighted by atomic mass is 10.1. The Kier molecular flexibility index (Phi) is 7.49. The molecule has 0 aliphatic rings. The molecule has 1 aromatic heterocycles. The molecule has 0 saturated heterocycles. The number of anilines is 1. The Labute approximate surface area is 195 Å². The van der Waals surface area contributed by atoms with E-state index in [-0.39, 0.29) is 22.8 Å². The van der Waals surface area contributed by atoms with Crippen LogP contribution in [-0.4, -0.2) is 37.1 Å². The van der Waals surface area contributed by atoms with Gasteiger partial charge in [0.25, 0.3) is 5.91 Å². The second-order valence-electron chi connectivity index (χ2n) is 7.12. The van der Waals surface area contributed by atoms with Crippen molar-refractivity contribution >= 4 is 28.1 Å². The van der Waals surface area contributed by atoms with Gasteiger partial charge in [0.2, 0.25) is 11.5 Å². The highest BCUT2D eigenvalue weighted by molar-refractivity contribution is 7.16. The van der Waals surface area contributed by atoms with Gasteiger partial charge in [0, 0.05) is 16.5 Å². The molecule has 10 heteroatoms. The Balaban J connectivity index is 1.96. The van der Waals surface area contributed by atoms with Crippen molar-refractivity contribution in [3.8, 4) is 28.5 Å². The molecule has 1 heterocycles. The first-order chi connectivity index (χ1) is 15.8. The van der Waals surface area contributed by atoms with Gasteiger partial charge in [-0.2, -0.15) is 0 Å². The lowest BCUT2D eigenvalue weighted by Crippen LogP contribution is -2.15. The number of hydrogen-bond acceptors (Lipinski definition) is 8. The Morgan fingerprint density at radius 1 is 1.12 bits per heavy atom. The number of amides is 1. The maximum absolute atomic E-state index is 13.0. The molecular weight excluding hydrogens is 446 g/mol. The van der Waals surface area contributed by atoms with Crippen molar-refractivity contribution in [1.29, 1.82) is 0 Å². The van der Waals surface area contributed by atoms with Crippen molar-refractivity contribution in [2.45, 2.75) is 26.7 Å². The van der Waals surface area contributed by atoms with E-state index in [0.29, 0.717) is 5.13 Å². The third kappa shape index (κ3) is 4.90. The van der Waals surface area contributed by atoms with Crippen LogP contribution in [0, 0.1) is 17.0 Å². The summed E-state index contributed by atoms with van der Waals surface area (Å²) in [5.41, 5.74) is 2.18. The summed E-state index contributed by atoms with van der Waals surface area (Å²) < 4.78 is 15.6. The molecule has 0 unspecified atom stereocenters. The first-order valence-electron chi connectivity index (χ1n) is 10.2. The number of aryl methyl sites for hydroxylation is 2. The number of nitrogens with zero attached hydrogens (tertiary/aromatic N) is 2. The molecule has 0 fully saturated rings. The van der Waals surface area contributed by atoms with E-state index in [9.17, 15) is 14.9 Å². The van der Waals surface area contributed by atoms with Crippen LogP contribution < -0.4 is 19.5 Å². The summed E-state index contributed by atoms with van der Waals surface area (Å²) in [4.78, 5) is 29.6. The normalized spacial score (nSPS) is 10.6. The molecule has 0 atom stereocenters. The second kappa shape index (κ2) is 10.3. The quantitative estimate of drug-likeness (QED) is 0.335. The number of ether oxygens (including phenoxy) is 3. The molecule has 0 radical (unpaired) electrons. The molecule has 0 bridgehead atoms. The predicted octanol–water partition coefficient (Wildman–Crippen LogP) is 5.26. The standard InChI is InChI=1S/C23H25N3O6S/c1-6-7-14-8-10-15(11-9-14)18-13(2)33-23(24-18)25-22(27)16-12-17(30-3)20(31-4)21(32-5)19(16)26(28)29/h8-12H,6-7H2,1-5H3,(H,24,25,27). The average Bonchev–Trinajstić information content (AvgIpc) is 3.17. The number of nitrogens with one attached hydrogen (secondary N) is 1. The molecule has 9 nitrogen and oxygen atoms in total. The van der Waals surface area contributed by atoms with Gasteiger partial charge in [0.1, 0.15) is 5.56 Å². The Morgan fingerprint density at radius 2 is 1.79 bits per heavy atom. The van der Waals surface area contributed by atoms with Crippen LogP contribution in [0.1, 0.15) is 34.1 Å². The fraction of sp³-hybridized carbons (Fsp3) is 0.304. The molecule has 0 spiro atoms. The molecule has 2 aromatic carbocycles. The second-order valence-corrected chi connectivity index (χ2v) is 8.33. The summed E-state index contributed by atoms with van der Waals surface area (Å²) in [6.07, 6.45) is 2.07. The van der Waals surface area contributed by atoms with Gasteiger partial charge in [0.15, 0.2) is 10.9 Å². The highest BCUT2D eigenvalue weighted by Crippen LogP contribution is 2.46. The van der Waals surface area contributed by atoms with E-state index in [1.165, 1.54) is 44.3 Å². The summed E-state index contributed by atoms with van der Waals surface area (Å²) in [7, 11) is 3.96. The van der Waals surface area contributed by atoms with Gasteiger partial charge >= 0.3 is 5.69 Å². The summed E-state index contributed by atoms with van der Waals surface area (Å²) in [5.74, 6) is -0.745. The van der Waals surface area contributed by atoms with Gasteiger partial charge in [-0.25, -0.2) is 4.98 Å². The SMILES string of the molecule is CCCc1ccc(-c2nc(NC(=O)c3cc(OC)c(OC)c(OC)c3[N+](=O)[O-])sc2C)cc1. The monoisotopic (exact) mass is 471 g/mol. The highest BCUT2D eigenvalue weighted by Gasteiger charge is 2.32. The Hall–Kier alpha value is -3.66. The zero-order valence-electron chi connectivity index (χ0n) is 19.1. The summed E-state index contributed by atoms with van der Waals surface area (Å²) >= 11 is 1.29. The van der Waals surface area contributed by atoms with Crippen LogP contribution in [0.4, 0.5) is 10.8 Å². The number of nitro benzene ring substituents is 1. The first-order valence-corrected chi connectivity index (χ1v) is 11.0. The number of rotatable bonds is 9. The van der Waals surface area contributed by atoms with Crippen LogP contribution in [0.5, 0.6) is 17.2 Å². The maximum atomic E-state index is 13.0. The fourth-order valence-corrected chi connectivity index (χ4v) is 4.33. The number of methoxy groups -OCH3 is 3. The van der Waals surface area contributed by atoms with Crippen molar-refractivity contribution in [3.63, 3.8) is 0 Å². The number of carbonyl (C=O) groups excluding carboxylic acids is 1.